The molecule has 9 nitrogen and oxygen atoms in total. The number of carbonyl (C=O) groups is 2. The van der Waals surface area contributed by atoms with E-state index in [-0.39, 0.29) is 17.5 Å². The minimum absolute atomic E-state index is 0.0154. The first kappa shape index (κ1) is 33.4. The zero-order valence-corrected chi connectivity index (χ0v) is 29.1. The van der Waals surface area contributed by atoms with E-state index in [1.54, 1.807) is 48.2 Å². The van der Waals surface area contributed by atoms with E-state index < -0.39 is 0 Å². The lowest BCUT2D eigenvalue weighted by Crippen LogP contribution is -2.39. The van der Waals surface area contributed by atoms with Crippen molar-refractivity contribution in [2.24, 2.45) is 5.92 Å². The molecule has 5 aromatic heterocycles. The van der Waals surface area contributed by atoms with Crippen molar-refractivity contribution < 1.29 is 14.0 Å². The second-order valence-electron chi connectivity index (χ2n) is 13.7. The average molecular weight is 694 g/mol. The number of rotatable bonds is 11. The fourth-order valence-corrected chi connectivity index (χ4v) is 7.69. The van der Waals surface area contributed by atoms with Crippen LogP contribution in [0.1, 0.15) is 53.6 Å². The summed E-state index contributed by atoms with van der Waals surface area (Å²) in [7, 11) is 0. The zero-order valence-electron chi connectivity index (χ0n) is 29.1. The average Bonchev–Trinajstić information content (AvgIpc) is 3.73. The summed E-state index contributed by atoms with van der Waals surface area (Å²) in [5, 5.41) is 10.3. The second kappa shape index (κ2) is 14.5. The van der Waals surface area contributed by atoms with Crippen LogP contribution < -0.4 is 5.32 Å². The fraction of sp³-hybridized carbons (Fsp3) is 0.262. The number of amides is 1. The number of hydrogen-bond acceptors (Lipinski definition) is 6. The molecule has 262 valence electrons. The summed E-state index contributed by atoms with van der Waals surface area (Å²) >= 11 is 0. The minimum Gasteiger partial charge on any atom is -0.350 e. The molecule has 0 bridgehead atoms. The molecular weight excluding hydrogens is 654 g/mol. The van der Waals surface area contributed by atoms with Gasteiger partial charge in [0.05, 0.1) is 11.0 Å². The van der Waals surface area contributed by atoms with Crippen molar-refractivity contribution in [3.05, 3.63) is 121 Å². The maximum Gasteiger partial charge on any atom is 0.269 e. The van der Waals surface area contributed by atoms with Gasteiger partial charge in [-0.2, -0.15) is 5.10 Å². The number of likely N-dealkylation sites (tertiary alicyclic amines) is 1. The SMILES string of the molecule is CC(=O)c1nccc2c3ccccc3n(CCCCN3CCC(CNC(=O)c4cccc5c(-c6ccncc6)c(-c6ccc(F)cc6)nn45)CC3)c12. The van der Waals surface area contributed by atoms with Crippen LogP contribution >= 0.6 is 0 Å². The molecule has 0 aliphatic carbocycles. The Kier molecular flexibility index (Phi) is 9.30. The van der Waals surface area contributed by atoms with Crippen molar-refractivity contribution in [1.29, 1.82) is 0 Å². The molecule has 0 spiro atoms. The van der Waals surface area contributed by atoms with Gasteiger partial charge in [-0.1, -0.05) is 24.3 Å². The van der Waals surface area contributed by atoms with Crippen molar-refractivity contribution in [2.75, 3.05) is 26.2 Å². The van der Waals surface area contributed by atoms with Crippen LogP contribution in [0.15, 0.2) is 104 Å². The Balaban J connectivity index is 0.886. The van der Waals surface area contributed by atoms with Crippen LogP contribution in [0.4, 0.5) is 4.39 Å². The topological polar surface area (TPSA) is 97.4 Å². The number of nitrogens with zero attached hydrogens (tertiary/aromatic N) is 6. The molecule has 7 aromatic rings. The van der Waals surface area contributed by atoms with Gasteiger partial charge in [0, 0.05) is 66.0 Å². The molecule has 8 rings (SSSR count). The number of Topliss-reactive ketones (excluding diaryl/α,β-unsaturated/α-hetero) is 1. The Morgan fingerprint density at radius 2 is 1.56 bits per heavy atom. The number of hydrogen-bond donors (Lipinski definition) is 1. The van der Waals surface area contributed by atoms with Gasteiger partial charge in [0.2, 0.25) is 0 Å². The van der Waals surface area contributed by atoms with E-state index in [1.807, 2.05) is 36.4 Å². The van der Waals surface area contributed by atoms with Crippen molar-refractivity contribution in [3.8, 4) is 22.4 Å². The van der Waals surface area contributed by atoms with Crippen molar-refractivity contribution in [2.45, 2.75) is 39.2 Å². The van der Waals surface area contributed by atoms with Gasteiger partial charge >= 0.3 is 0 Å². The molecule has 52 heavy (non-hydrogen) atoms. The number of para-hydroxylation sites is 1. The smallest absolute Gasteiger partial charge is 0.269 e. The van der Waals surface area contributed by atoms with E-state index in [0.717, 1.165) is 95.9 Å². The maximum absolute atomic E-state index is 13.8. The Bertz CT molecular complexity index is 2390. The first-order valence-corrected chi connectivity index (χ1v) is 18.0. The molecule has 0 atom stereocenters. The van der Waals surface area contributed by atoms with E-state index in [0.29, 0.717) is 29.5 Å². The van der Waals surface area contributed by atoms with Crippen LogP contribution in [0.25, 0.3) is 49.7 Å². The molecule has 2 aromatic carbocycles. The number of pyridine rings is 3. The summed E-state index contributed by atoms with van der Waals surface area (Å²) in [4.78, 5) is 37.2. The highest BCUT2D eigenvalue weighted by Gasteiger charge is 2.23. The molecule has 1 saturated heterocycles. The van der Waals surface area contributed by atoms with Crippen molar-refractivity contribution in [3.63, 3.8) is 0 Å². The van der Waals surface area contributed by atoms with Crippen LogP contribution in [-0.4, -0.2) is 66.9 Å². The van der Waals surface area contributed by atoms with E-state index >= 15 is 0 Å². The Hall–Kier alpha value is -5.74. The van der Waals surface area contributed by atoms with Gasteiger partial charge in [-0.25, -0.2) is 8.91 Å². The van der Waals surface area contributed by atoms with Crippen molar-refractivity contribution >= 4 is 39.0 Å². The summed E-state index contributed by atoms with van der Waals surface area (Å²) in [5.41, 5.74) is 7.08. The number of unbranched alkanes of at least 4 members (excludes halogenated alkanes) is 1. The molecule has 1 aliphatic rings. The van der Waals surface area contributed by atoms with Crippen LogP contribution in [0, 0.1) is 11.7 Å². The highest BCUT2D eigenvalue weighted by Crippen LogP contribution is 2.36. The number of aryl methyl sites for hydroxylation is 1. The molecular formula is C42H40FN7O2. The third-order valence-corrected chi connectivity index (χ3v) is 10.4. The van der Waals surface area contributed by atoms with Gasteiger partial charge in [0.1, 0.15) is 22.9 Å². The Morgan fingerprint density at radius 3 is 2.35 bits per heavy atom. The molecule has 1 aliphatic heterocycles. The highest BCUT2D eigenvalue weighted by molar-refractivity contribution is 6.14. The van der Waals surface area contributed by atoms with Crippen LogP contribution in [0.2, 0.25) is 0 Å². The molecule has 1 N–H and O–H groups in total. The predicted octanol–water partition coefficient (Wildman–Crippen LogP) is 7.83. The van der Waals surface area contributed by atoms with Gasteiger partial charge < -0.3 is 14.8 Å². The van der Waals surface area contributed by atoms with E-state index in [9.17, 15) is 14.0 Å². The quantitative estimate of drug-likeness (QED) is 0.110. The largest absolute Gasteiger partial charge is 0.350 e. The molecule has 10 heteroatoms. The van der Waals surface area contributed by atoms with Gasteiger partial charge in [-0.3, -0.25) is 19.6 Å². The number of ketones is 1. The standard InChI is InChI=1S/C42H40FN7O2/c1-28(51)39-41-34(17-22-45-39)33-7-2-3-8-35(33)49(41)24-5-4-23-48-25-18-29(19-26-48)27-46-42(52)37-10-6-9-36-38(30-15-20-44-21-16-30)40(47-50(36)37)31-11-13-32(43)14-12-31/h2-3,6-17,20-22,29H,4-5,18-19,23-27H2,1H3,(H,46,52). The summed E-state index contributed by atoms with van der Waals surface area (Å²) in [6.45, 7) is 6.04. The normalized spacial score (nSPS) is 14.0. The number of aromatic nitrogens is 5. The summed E-state index contributed by atoms with van der Waals surface area (Å²) in [5.74, 6) is -0.106. The number of fused-ring (bicyclic) bond motifs is 4. The summed E-state index contributed by atoms with van der Waals surface area (Å²) in [6, 6.07) is 26.1. The number of halogens is 1. The van der Waals surface area contributed by atoms with Gasteiger partial charge in [-0.15, -0.1) is 0 Å². The predicted molar refractivity (Wildman–Crippen MR) is 202 cm³/mol. The minimum atomic E-state index is -0.317. The number of benzene rings is 2. The third-order valence-electron chi connectivity index (χ3n) is 10.4. The van der Waals surface area contributed by atoms with E-state index in [4.69, 9.17) is 5.10 Å². The first-order chi connectivity index (χ1) is 25.5. The number of carbonyl (C=O) groups excluding carboxylic acids is 2. The lowest BCUT2D eigenvalue weighted by atomic mass is 9.96. The Labute approximate surface area is 301 Å². The first-order valence-electron chi connectivity index (χ1n) is 18.0. The molecule has 1 amide bonds. The third kappa shape index (κ3) is 6.46. The number of piperidine rings is 1. The van der Waals surface area contributed by atoms with E-state index in [2.05, 4.69) is 43.0 Å². The van der Waals surface area contributed by atoms with Crippen LogP contribution in [0.3, 0.4) is 0 Å². The lowest BCUT2D eigenvalue weighted by molar-refractivity contribution is 0.0927. The lowest BCUT2D eigenvalue weighted by Gasteiger charge is -2.32. The summed E-state index contributed by atoms with van der Waals surface area (Å²) < 4.78 is 17.8. The molecule has 0 unspecified atom stereocenters. The zero-order chi connectivity index (χ0) is 35.6. The molecule has 1 fully saturated rings. The maximum atomic E-state index is 13.8. The second-order valence-corrected chi connectivity index (χ2v) is 13.7. The molecule has 0 saturated carbocycles. The number of nitrogens with one attached hydrogen (secondary N) is 1. The van der Waals surface area contributed by atoms with Gasteiger partial charge in [0.25, 0.3) is 5.91 Å². The van der Waals surface area contributed by atoms with Crippen LogP contribution in [-0.2, 0) is 6.54 Å². The van der Waals surface area contributed by atoms with E-state index in [1.165, 1.54) is 12.1 Å². The monoisotopic (exact) mass is 693 g/mol. The molecule has 0 radical (unpaired) electrons. The van der Waals surface area contributed by atoms with Crippen LogP contribution in [0.5, 0.6) is 0 Å². The highest BCUT2D eigenvalue weighted by atomic mass is 19.1. The molecule has 6 heterocycles. The van der Waals surface area contributed by atoms with Gasteiger partial charge in [-0.05, 0) is 117 Å². The fourth-order valence-electron chi connectivity index (χ4n) is 7.69. The Morgan fingerprint density at radius 1 is 0.808 bits per heavy atom. The van der Waals surface area contributed by atoms with Gasteiger partial charge in [0.15, 0.2) is 5.78 Å². The summed E-state index contributed by atoms with van der Waals surface area (Å²) in [6.07, 6.45) is 9.29. The van der Waals surface area contributed by atoms with Crippen molar-refractivity contribution in [1.82, 2.24) is 34.4 Å².